The fourth-order valence-electron chi connectivity index (χ4n) is 2.01. The summed E-state index contributed by atoms with van der Waals surface area (Å²) < 4.78 is 0. The van der Waals surface area contributed by atoms with Crippen molar-refractivity contribution in [3.63, 3.8) is 0 Å². The summed E-state index contributed by atoms with van der Waals surface area (Å²) in [4.78, 5) is 24.6. The highest BCUT2D eigenvalue weighted by molar-refractivity contribution is 5.92. The molecule has 1 aromatic rings. The summed E-state index contributed by atoms with van der Waals surface area (Å²) in [7, 11) is 0. The third-order valence-corrected chi connectivity index (χ3v) is 3.26. The van der Waals surface area contributed by atoms with Crippen molar-refractivity contribution in [2.24, 2.45) is 0 Å². The summed E-state index contributed by atoms with van der Waals surface area (Å²) in [5, 5.41) is 11.6. The molecule has 0 atom stereocenters. The molecule has 0 aromatic heterocycles. The van der Waals surface area contributed by atoms with Crippen LogP contribution in [-0.4, -0.2) is 41.5 Å². The van der Waals surface area contributed by atoms with E-state index in [2.05, 4.69) is 12.2 Å². The number of carboxylic acid groups (broad SMARTS) is 1. The molecule has 0 aliphatic rings. The zero-order valence-corrected chi connectivity index (χ0v) is 12.8. The number of benzene rings is 1. The van der Waals surface area contributed by atoms with Gasteiger partial charge in [0.25, 0.3) is 0 Å². The monoisotopic (exact) mass is 292 g/mol. The molecule has 0 spiro atoms. The Bertz CT molecular complexity index is 474. The van der Waals surface area contributed by atoms with Gasteiger partial charge in [-0.3, -0.25) is 14.5 Å². The molecule has 21 heavy (non-hydrogen) atoms. The summed E-state index contributed by atoms with van der Waals surface area (Å²) in [6.45, 7) is 5.38. The lowest BCUT2D eigenvalue weighted by Gasteiger charge is -2.21. The quantitative estimate of drug-likeness (QED) is 0.733. The van der Waals surface area contributed by atoms with E-state index in [-0.39, 0.29) is 18.9 Å². The van der Waals surface area contributed by atoms with Gasteiger partial charge in [-0.2, -0.15) is 0 Å². The van der Waals surface area contributed by atoms with Gasteiger partial charge < -0.3 is 10.4 Å². The van der Waals surface area contributed by atoms with E-state index in [4.69, 9.17) is 5.11 Å². The molecule has 5 heteroatoms. The molecule has 0 bridgehead atoms. The first kappa shape index (κ1) is 17.2. The van der Waals surface area contributed by atoms with Gasteiger partial charge in [-0.25, -0.2) is 0 Å². The Morgan fingerprint density at radius 3 is 2.57 bits per heavy atom. The Labute approximate surface area is 126 Å². The van der Waals surface area contributed by atoms with Gasteiger partial charge in [0.15, 0.2) is 0 Å². The van der Waals surface area contributed by atoms with E-state index in [1.165, 1.54) is 0 Å². The molecular formula is C16H24N2O3. The number of nitrogens with one attached hydrogen (secondary N) is 1. The number of rotatable bonds is 9. The Morgan fingerprint density at radius 2 is 1.95 bits per heavy atom. The normalized spacial score (nSPS) is 10.6. The van der Waals surface area contributed by atoms with E-state index < -0.39 is 5.97 Å². The van der Waals surface area contributed by atoms with Crippen LogP contribution in [0.5, 0.6) is 0 Å². The van der Waals surface area contributed by atoms with Crippen LogP contribution in [0.4, 0.5) is 5.69 Å². The summed E-state index contributed by atoms with van der Waals surface area (Å²) in [5.74, 6) is -0.943. The van der Waals surface area contributed by atoms with Crippen molar-refractivity contribution in [2.75, 3.05) is 25.0 Å². The van der Waals surface area contributed by atoms with Crippen molar-refractivity contribution in [1.82, 2.24) is 4.90 Å². The van der Waals surface area contributed by atoms with Gasteiger partial charge in [0.2, 0.25) is 5.91 Å². The van der Waals surface area contributed by atoms with Crippen molar-refractivity contribution < 1.29 is 14.7 Å². The van der Waals surface area contributed by atoms with E-state index in [0.717, 1.165) is 30.6 Å². The molecule has 0 heterocycles. The summed E-state index contributed by atoms with van der Waals surface area (Å²) in [6.07, 6.45) is 2.03. The first-order valence-electron chi connectivity index (χ1n) is 7.32. The fourth-order valence-corrected chi connectivity index (χ4v) is 2.01. The maximum atomic E-state index is 12.1. The molecule has 116 valence electrons. The van der Waals surface area contributed by atoms with Crippen LogP contribution in [0.25, 0.3) is 0 Å². The lowest BCUT2D eigenvalue weighted by atomic mass is 10.2. The second kappa shape index (κ2) is 9.13. The van der Waals surface area contributed by atoms with Crippen molar-refractivity contribution in [3.05, 3.63) is 29.8 Å². The fraction of sp³-hybridized carbons (Fsp3) is 0.500. The highest BCUT2D eigenvalue weighted by Gasteiger charge is 2.12. The highest BCUT2D eigenvalue weighted by Crippen LogP contribution is 2.13. The molecule has 2 N–H and O–H groups in total. The Kier molecular flexibility index (Phi) is 7.46. The number of carboxylic acids is 1. The predicted molar refractivity (Wildman–Crippen MR) is 83.4 cm³/mol. The standard InChI is InChI=1S/C16H24N2O3/c1-3-4-10-18(11-9-16(20)21)12-15(19)17-14-8-6-5-7-13(14)2/h5-8H,3-4,9-12H2,1-2H3,(H,17,19)(H,20,21). The molecule has 0 aliphatic carbocycles. The van der Waals surface area contributed by atoms with Crippen molar-refractivity contribution >= 4 is 17.6 Å². The number of aliphatic carboxylic acids is 1. The minimum absolute atomic E-state index is 0.0569. The Morgan fingerprint density at radius 1 is 1.24 bits per heavy atom. The molecular weight excluding hydrogens is 268 g/mol. The summed E-state index contributed by atoms with van der Waals surface area (Å²) in [6, 6.07) is 7.60. The lowest BCUT2D eigenvalue weighted by Crippen LogP contribution is -2.35. The molecule has 1 rings (SSSR count). The zero-order valence-electron chi connectivity index (χ0n) is 12.8. The van der Waals surface area contributed by atoms with Gasteiger partial charge >= 0.3 is 5.97 Å². The van der Waals surface area contributed by atoms with E-state index >= 15 is 0 Å². The van der Waals surface area contributed by atoms with Crippen LogP contribution in [0.15, 0.2) is 24.3 Å². The van der Waals surface area contributed by atoms with E-state index in [0.29, 0.717) is 6.54 Å². The largest absolute Gasteiger partial charge is 0.481 e. The minimum Gasteiger partial charge on any atom is -0.481 e. The molecule has 1 aromatic carbocycles. The van der Waals surface area contributed by atoms with Crippen LogP contribution >= 0.6 is 0 Å². The maximum absolute atomic E-state index is 12.1. The number of aryl methyl sites for hydroxylation is 1. The molecule has 0 saturated carbocycles. The Balaban J connectivity index is 2.54. The van der Waals surface area contributed by atoms with Gasteiger partial charge in [0.1, 0.15) is 0 Å². The number of carbonyl (C=O) groups is 2. The van der Waals surface area contributed by atoms with E-state index in [9.17, 15) is 9.59 Å². The number of nitrogens with zero attached hydrogens (tertiary/aromatic N) is 1. The van der Waals surface area contributed by atoms with Crippen LogP contribution in [0, 0.1) is 6.92 Å². The first-order chi connectivity index (χ1) is 10.0. The number of hydrogen-bond donors (Lipinski definition) is 2. The Hall–Kier alpha value is -1.88. The molecule has 0 aliphatic heterocycles. The van der Waals surface area contributed by atoms with Crippen LogP contribution < -0.4 is 5.32 Å². The molecule has 0 fully saturated rings. The first-order valence-corrected chi connectivity index (χ1v) is 7.32. The smallest absolute Gasteiger partial charge is 0.304 e. The van der Waals surface area contributed by atoms with Crippen LogP contribution in [0.2, 0.25) is 0 Å². The van der Waals surface area contributed by atoms with Gasteiger partial charge in [0, 0.05) is 12.2 Å². The number of carbonyl (C=O) groups excluding carboxylic acids is 1. The second-order valence-corrected chi connectivity index (χ2v) is 5.14. The third-order valence-electron chi connectivity index (χ3n) is 3.26. The number of amides is 1. The number of anilines is 1. The number of hydrogen-bond acceptors (Lipinski definition) is 3. The maximum Gasteiger partial charge on any atom is 0.304 e. The van der Waals surface area contributed by atoms with Crippen LogP contribution in [-0.2, 0) is 9.59 Å². The predicted octanol–water partition coefficient (Wildman–Crippen LogP) is 2.51. The molecule has 1 amide bonds. The molecule has 0 radical (unpaired) electrons. The van der Waals surface area contributed by atoms with Gasteiger partial charge in [0.05, 0.1) is 13.0 Å². The van der Waals surface area contributed by atoms with Crippen molar-refractivity contribution in [2.45, 2.75) is 33.1 Å². The molecule has 0 saturated heterocycles. The van der Waals surface area contributed by atoms with Crippen LogP contribution in [0.3, 0.4) is 0 Å². The average Bonchev–Trinajstić information content (AvgIpc) is 2.44. The van der Waals surface area contributed by atoms with Crippen molar-refractivity contribution in [3.8, 4) is 0 Å². The van der Waals surface area contributed by atoms with E-state index in [1.54, 1.807) is 0 Å². The lowest BCUT2D eigenvalue weighted by molar-refractivity contribution is -0.137. The summed E-state index contributed by atoms with van der Waals surface area (Å²) in [5.41, 5.74) is 1.81. The van der Waals surface area contributed by atoms with Gasteiger partial charge in [-0.1, -0.05) is 31.5 Å². The highest BCUT2D eigenvalue weighted by atomic mass is 16.4. The number of para-hydroxylation sites is 1. The van der Waals surface area contributed by atoms with Crippen molar-refractivity contribution in [1.29, 1.82) is 0 Å². The zero-order chi connectivity index (χ0) is 15.7. The average molecular weight is 292 g/mol. The molecule has 0 unspecified atom stereocenters. The molecule has 5 nitrogen and oxygen atoms in total. The minimum atomic E-state index is -0.837. The second-order valence-electron chi connectivity index (χ2n) is 5.14. The topological polar surface area (TPSA) is 69.6 Å². The van der Waals surface area contributed by atoms with Crippen LogP contribution in [0.1, 0.15) is 31.7 Å². The number of unbranched alkanes of at least 4 members (excludes halogenated alkanes) is 1. The SMILES string of the molecule is CCCCN(CCC(=O)O)CC(=O)Nc1ccccc1C. The summed E-state index contributed by atoms with van der Waals surface area (Å²) >= 11 is 0. The van der Waals surface area contributed by atoms with Gasteiger partial charge in [-0.05, 0) is 31.5 Å². The third kappa shape index (κ3) is 6.90. The van der Waals surface area contributed by atoms with E-state index in [1.807, 2.05) is 36.1 Å². The van der Waals surface area contributed by atoms with Gasteiger partial charge in [-0.15, -0.1) is 0 Å².